The fraction of sp³-hybridized carbons (Fsp3) is 0.714. The number of halogens is 3. The van der Waals surface area contributed by atoms with Crippen molar-refractivity contribution in [2.45, 2.75) is 44.0 Å². The molecular weight excluding hydrogens is 283 g/mol. The highest BCUT2D eigenvalue weighted by Crippen LogP contribution is 2.46. The van der Waals surface area contributed by atoms with Crippen molar-refractivity contribution in [1.29, 1.82) is 0 Å². The molecular formula is C14H18F3N3O. The van der Waals surface area contributed by atoms with Crippen LogP contribution in [0.15, 0.2) is 12.3 Å². The summed E-state index contributed by atoms with van der Waals surface area (Å²) in [6.45, 7) is 0. The molecule has 1 N–H and O–H groups in total. The number of aromatic nitrogens is 2. The monoisotopic (exact) mass is 301 g/mol. The molecule has 21 heavy (non-hydrogen) atoms. The van der Waals surface area contributed by atoms with Gasteiger partial charge in [-0.2, -0.15) is 13.2 Å². The van der Waals surface area contributed by atoms with Crippen molar-refractivity contribution < 1.29 is 18.3 Å². The van der Waals surface area contributed by atoms with Gasteiger partial charge >= 0.3 is 6.18 Å². The second-order valence-corrected chi connectivity index (χ2v) is 6.12. The van der Waals surface area contributed by atoms with E-state index in [4.69, 9.17) is 0 Å². The van der Waals surface area contributed by atoms with E-state index in [2.05, 4.69) is 9.97 Å². The Morgan fingerprint density at radius 1 is 1.19 bits per heavy atom. The average molecular weight is 301 g/mol. The number of rotatable bonds is 2. The van der Waals surface area contributed by atoms with Crippen molar-refractivity contribution in [2.24, 2.45) is 11.8 Å². The van der Waals surface area contributed by atoms with Crippen LogP contribution in [0.25, 0.3) is 0 Å². The molecule has 116 valence electrons. The molecule has 0 bridgehead atoms. The largest absolute Gasteiger partial charge is 0.451 e. The molecule has 2 aliphatic rings. The van der Waals surface area contributed by atoms with Gasteiger partial charge in [0.2, 0.25) is 5.82 Å². The molecule has 3 rings (SSSR count). The van der Waals surface area contributed by atoms with Gasteiger partial charge in [0, 0.05) is 19.3 Å². The van der Waals surface area contributed by atoms with Crippen LogP contribution in [-0.4, -0.2) is 34.3 Å². The van der Waals surface area contributed by atoms with Gasteiger partial charge in [-0.1, -0.05) is 0 Å². The van der Waals surface area contributed by atoms with Crippen molar-refractivity contribution in [1.82, 2.24) is 9.97 Å². The lowest BCUT2D eigenvalue weighted by Gasteiger charge is -2.26. The van der Waals surface area contributed by atoms with Gasteiger partial charge in [-0.25, -0.2) is 9.97 Å². The van der Waals surface area contributed by atoms with E-state index in [9.17, 15) is 18.3 Å². The van der Waals surface area contributed by atoms with E-state index in [0.717, 1.165) is 31.9 Å². The lowest BCUT2D eigenvalue weighted by Crippen LogP contribution is -2.31. The van der Waals surface area contributed by atoms with E-state index in [-0.39, 0.29) is 12.1 Å². The molecule has 4 atom stereocenters. The first-order valence-electron chi connectivity index (χ1n) is 7.15. The van der Waals surface area contributed by atoms with E-state index >= 15 is 0 Å². The van der Waals surface area contributed by atoms with Crippen LogP contribution in [0.1, 0.15) is 31.5 Å². The lowest BCUT2D eigenvalue weighted by molar-refractivity contribution is -0.144. The molecule has 1 aromatic rings. The van der Waals surface area contributed by atoms with Crippen LogP contribution in [0.3, 0.4) is 0 Å². The Kier molecular flexibility index (Phi) is 3.55. The maximum absolute atomic E-state index is 12.7. The molecule has 4 nitrogen and oxygen atoms in total. The van der Waals surface area contributed by atoms with Gasteiger partial charge in [-0.3, -0.25) is 0 Å². The first-order chi connectivity index (χ1) is 9.84. The quantitative estimate of drug-likeness (QED) is 0.912. The Morgan fingerprint density at radius 2 is 1.81 bits per heavy atom. The van der Waals surface area contributed by atoms with Gasteiger partial charge in [0.15, 0.2) is 0 Å². The molecule has 1 aromatic heterocycles. The van der Waals surface area contributed by atoms with Crippen LogP contribution in [0.2, 0.25) is 0 Å². The zero-order chi connectivity index (χ0) is 15.2. The first kappa shape index (κ1) is 14.6. The fourth-order valence-electron chi connectivity index (χ4n) is 3.74. The van der Waals surface area contributed by atoms with Crippen LogP contribution in [-0.2, 0) is 6.18 Å². The Balaban J connectivity index is 1.73. The predicted molar refractivity (Wildman–Crippen MR) is 70.7 cm³/mol. The maximum atomic E-state index is 12.7. The smallest absolute Gasteiger partial charge is 0.393 e. The van der Waals surface area contributed by atoms with E-state index in [1.807, 2.05) is 4.90 Å². The normalized spacial score (nSPS) is 32.2. The summed E-state index contributed by atoms with van der Waals surface area (Å²) in [5.41, 5.74) is 0. The minimum Gasteiger partial charge on any atom is -0.393 e. The summed E-state index contributed by atoms with van der Waals surface area (Å²) in [7, 11) is 1.78. The Labute approximate surface area is 121 Å². The van der Waals surface area contributed by atoms with Gasteiger partial charge in [-0.05, 0) is 43.6 Å². The second kappa shape index (κ2) is 5.12. The molecule has 2 fully saturated rings. The molecule has 0 amide bonds. The van der Waals surface area contributed by atoms with Crippen molar-refractivity contribution >= 4 is 5.82 Å². The highest BCUT2D eigenvalue weighted by molar-refractivity contribution is 5.38. The average Bonchev–Trinajstić information content (AvgIpc) is 2.94. The van der Waals surface area contributed by atoms with Crippen LogP contribution in [0.4, 0.5) is 19.0 Å². The Bertz CT molecular complexity index is 508. The molecule has 2 saturated carbocycles. The first-order valence-corrected chi connectivity index (χ1v) is 7.15. The van der Waals surface area contributed by atoms with Crippen LogP contribution in [0, 0.1) is 11.8 Å². The molecule has 0 aliphatic heterocycles. The van der Waals surface area contributed by atoms with Crippen molar-refractivity contribution in [2.75, 3.05) is 11.9 Å². The van der Waals surface area contributed by atoms with Gasteiger partial charge in [0.05, 0.1) is 6.10 Å². The van der Waals surface area contributed by atoms with Crippen LogP contribution < -0.4 is 4.90 Å². The molecule has 0 saturated heterocycles. The molecule has 2 unspecified atom stereocenters. The second-order valence-electron chi connectivity index (χ2n) is 6.12. The minimum atomic E-state index is -4.52. The van der Waals surface area contributed by atoms with E-state index in [0.29, 0.717) is 17.7 Å². The van der Waals surface area contributed by atoms with E-state index < -0.39 is 12.0 Å². The fourth-order valence-corrected chi connectivity index (χ4v) is 3.74. The SMILES string of the molecule is CN(c1ccnc(C(F)(F)F)n1)C1C[C@H]2CC(O)C[C@H]2C1. The third-order valence-electron chi connectivity index (χ3n) is 4.77. The van der Waals surface area contributed by atoms with E-state index in [1.165, 1.54) is 6.07 Å². The maximum Gasteiger partial charge on any atom is 0.451 e. The van der Waals surface area contributed by atoms with Gasteiger partial charge in [0.1, 0.15) is 5.82 Å². The molecule has 1 heterocycles. The number of hydrogen-bond acceptors (Lipinski definition) is 4. The number of anilines is 1. The number of hydrogen-bond donors (Lipinski definition) is 1. The zero-order valence-electron chi connectivity index (χ0n) is 11.7. The number of alkyl halides is 3. The van der Waals surface area contributed by atoms with Gasteiger partial charge in [0.25, 0.3) is 0 Å². The summed E-state index contributed by atoms with van der Waals surface area (Å²) in [6.07, 6.45) is -0.136. The summed E-state index contributed by atoms with van der Waals surface area (Å²) in [6, 6.07) is 1.70. The molecule has 0 radical (unpaired) electrons. The number of aliphatic hydroxyl groups is 1. The van der Waals surface area contributed by atoms with Crippen molar-refractivity contribution in [3.63, 3.8) is 0 Å². The Hall–Kier alpha value is -1.37. The predicted octanol–water partition coefficient (Wildman–Crippen LogP) is 2.48. The molecule has 0 spiro atoms. The third kappa shape index (κ3) is 2.84. The van der Waals surface area contributed by atoms with Gasteiger partial charge < -0.3 is 10.0 Å². The van der Waals surface area contributed by atoms with Crippen LogP contribution >= 0.6 is 0 Å². The number of aliphatic hydroxyl groups excluding tert-OH is 1. The summed E-state index contributed by atoms with van der Waals surface area (Å²) in [5, 5.41) is 9.64. The van der Waals surface area contributed by atoms with Gasteiger partial charge in [-0.15, -0.1) is 0 Å². The molecule has 7 heteroatoms. The lowest BCUT2D eigenvalue weighted by atomic mass is 10.0. The van der Waals surface area contributed by atoms with Crippen LogP contribution in [0.5, 0.6) is 0 Å². The number of nitrogens with zero attached hydrogens (tertiary/aromatic N) is 3. The molecule has 0 aromatic carbocycles. The zero-order valence-corrected chi connectivity index (χ0v) is 11.7. The summed E-state index contributed by atoms with van der Waals surface area (Å²) < 4.78 is 38.0. The summed E-state index contributed by atoms with van der Waals surface area (Å²) >= 11 is 0. The van der Waals surface area contributed by atoms with Crippen molar-refractivity contribution in [3.8, 4) is 0 Å². The Morgan fingerprint density at radius 3 is 2.38 bits per heavy atom. The molecule has 2 aliphatic carbocycles. The highest BCUT2D eigenvalue weighted by Gasteiger charge is 2.43. The minimum absolute atomic E-state index is 0.184. The topological polar surface area (TPSA) is 49.2 Å². The third-order valence-corrected chi connectivity index (χ3v) is 4.77. The van der Waals surface area contributed by atoms with Crippen molar-refractivity contribution in [3.05, 3.63) is 18.1 Å². The standard InChI is InChI=1S/C14H18F3N3O/c1-20(10-4-8-6-11(21)7-9(8)5-10)12-2-3-18-13(19-12)14(15,16)17/h2-3,8-11,21H,4-7H2,1H3/t8-,9+,10?,11?. The summed E-state index contributed by atoms with van der Waals surface area (Å²) in [5.74, 6) is 0.177. The summed E-state index contributed by atoms with van der Waals surface area (Å²) in [4.78, 5) is 8.75. The highest BCUT2D eigenvalue weighted by atomic mass is 19.4. The van der Waals surface area contributed by atoms with E-state index in [1.54, 1.807) is 7.05 Å². The number of fused-ring (bicyclic) bond motifs is 1.